The van der Waals surface area contributed by atoms with Crippen molar-refractivity contribution in [2.45, 2.75) is 5.41 Å². The van der Waals surface area contributed by atoms with Gasteiger partial charge >= 0.3 is 0 Å². The molecule has 0 aliphatic rings. The maximum absolute atomic E-state index is 2.47. The number of para-hydroxylation sites is 3. The second-order valence-corrected chi connectivity index (χ2v) is 13.3. The average Bonchev–Trinajstić information content (AvgIpc) is 3.72. The van der Waals surface area contributed by atoms with Gasteiger partial charge in [0.15, 0.2) is 0 Å². The smallest absolute Gasteiger partial charge is 0.0702 e. The third-order valence-corrected chi connectivity index (χ3v) is 10.7. The summed E-state index contributed by atoms with van der Waals surface area (Å²) >= 11 is 0. The number of hydrogen-bond donors (Lipinski definition) is 0. The Labute approximate surface area is 297 Å². The number of rotatable bonds is 6. The zero-order valence-corrected chi connectivity index (χ0v) is 28.0. The van der Waals surface area contributed by atoms with Crippen LogP contribution in [0.1, 0.15) is 22.3 Å². The van der Waals surface area contributed by atoms with E-state index in [1.54, 1.807) is 0 Å². The molecule has 0 amide bonds. The standard InChI is InChI=1S/C49H34N2/c1-5-17-35(18-6-1)49(36-19-7-2-8-20-36,37-21-9-3-10-22-37)38-29-31-43-41-25-13-15-27-45(41)51(48(43)33-38)40-30-32-47-44(34-40)42-26-14-16-28-46(42)50(47)39-23-11-4-12-24-39/h1-34H. The van der Waals surface area contributed by atoms with Crippen molar-refractivity contribution in [3.8, 4) is 11.4 Å². The molecule has 240 valence electrons. The normalized spacial score (nSPS) is 11.9. The maximum Gasteiger partial charge on any atom is 0.0702 e. The van der Waals surface area contributed by atoms with Crippen LogP contribution in [0.4, 0.5) is 0 Å². The molecule has 51 heavy (non-hydrogen) atoms. The predicted molar refractivity (Wildman–Crippen MR) is 213 cm³/mol. The van der Waals surface area contributed by atoms with Crippen LogP contribution in [0.15, 0.2) is 206 Å². The van der Waals surface area contributed by atoms with E-state index in [0.29, 0.717) is 0 Å². The molecule has 2 heteroatoms. The monoisotopic (exact) mass is 650 g/mol. The van der Waals surface area contributed by atoms with E-state index in [4.69, 9.17) is 0 Å². The fraction of sp³-hybridized carbons (Fsp3) is 0.0204. The summed E-state index contributed by atoms with van der Waals surface area (Å²) < 4.78 is 4.85. The molecule has 10 rings (SSSR count). The lowest BCUT2D eigenvalue weighted by molar-refractivity contribution is 0.746. The molecule has 0 saturated heterocycles. The molecule has 0 spiro atoms. The van der Waals surface area contributed by atoms with E-state index < -0.39 is 5.41 Å². The quantitative estimate of drug-likeness (QED) is 0.159. The molecule has 2 aromatic heterocycles. The first-order valence-corrected chi connectivity index (χ1v) is 17.6. The predicted octanol–water partition coefficient (Wildman–Crippen LogP) is 12.3. The lowest BCUT2D eigenvalue weighted by Crippen LogP contribution is -2.31. The summed E-state index contributed by atoms with van der Waals surface area (Å²) in [5.41, 5.74) is 11.5. The molecule has 0 saturated carbocycles. The van der Waals surface area contributed by atoms with Crippen molar-refractivity contribution in [2.24, 2.45) is 0 Å². The van der Waals surface area contributed by atoms with Crippen LogP contribution in [-0.4, -0.2) is 9.13 Å². The number of hydrogen-bond acceptors (Lipinski definition) is 0. The van der Waals surface area contributed by atoms with Gasteiger partial charge in [-0.15, -0.1) is 0 Å². The van der Waals surface area contributed by atoms with Gasteiger partial charge < -0.3 is 9.13 Å². The maximum atomic E-state index is 2.47. The third-order valence-electron chi connectivity index (χ3n) is 10.7. The van der Waals surface area contributed by atoms with Gasteiger partial charge in [0.2, 0.25) is 0 Å². The molecule has 0 aliphatic heterocycles. The van der Waals surface area contributed by atoms with E-state index >= 15 is 0 Å². The van der Waals surface area contributed by atoms with Crippen molar-refractivity contribution < 1.29 is 0 Å². The van der Waals surface area contributed by atoms with E-state index in [-0.39, 0.29) is 0 Å². The summed E-state index contributed by atoms with van der Waals surface area (Å²) in [5, 5.41) is 4.97. The highest BCUT2D eigenvalue weighted by atomic mass is 15.0. The summed E-state index contributed by atoms with van der Waals surface area (Å²) in [6.07, 6.45) is 0. The molecular weight excluding hydrogens is 617 g/mol. The molecule has 0 N–H and O–H groups in total. The van der Waals surface area contributed by atoms with Gasteiger partial charge in [-0.25, -0.2) is 0 Å². The first kappa shape index (κ1) is 29.3. The fourth-order valence-corrected chi connectivity index (χ4v) is 8.50. The van der Waals surface area contributed by atoms with E-state index in [1.807, 2.05) is 0 Å². The topological polar surface area (TPSA) is 9.86 Å². The molecule has 10 aromatic rings. The third kappa shape index (κ3) is 4.43. The summed E-state index contributed by atoms with van der Waals surface area (Å²) in [6.45, 7) is 0. The zero-order valence-electron chi connectivity index (χ0n) is 28.0. The van der Waals surface area contributed by atoms with Crippen LogP contribution in [0.25, 0.3) is 55.0 Å². The number of aromatic nitrogens is 2. The highest BCUT2D eigenvalue weighted by Crippen LogP contribution is 2.47. The Morgan fingerprint density at radius 3 is 1.25 bits per heavy atom. The van der Waals surface area contributed by atoms with Gasteiger partial charge in [0.25, 0.3) is 0 Å². The molecule has 2 heterocycles. The van der Waals surface area contributed by atoms with Gasteiger partial charge in [0.05, 0.1) is 27.5 Å². The van der Waals surface area contributed by atoms with Crippen LogP contribution >= 0.6 is 0 Å². The van der Waals surface area contributed by atoms with E-state index in [1.165, 1.54) is 65.9 Å². The average molecular weight is 651 g/mol. The van der Waals surface area contributed by atoms with Crippen LogP contribution in [0.3, 0.4) is 0 Å². The van der Waals surface area contributed by atoms with Crippen LogP contribution in [-0.2, 0) is 5.41 Å². The van der Waals surface area contributed by atoms with Gasteiger partial charge in [-0.05, 0) is 70.8 Å². The van der Waals surface area contributed by atoms with Gasteiger partial charge in [-0.1, -0.05) is 158 Å². The number of nitrogens with zero attached hydrogens (tertiary/aromatic N) is 2. The minimum atomic E-state index is -0.535. The fourth-order valence-electron chi connectivity index (χ4n) is 8.50. The van der Waals surface area contributed by atoms with Gasteiger partial charge in [-0.2, -0.15) is 0 Å². The molecule has 0 aliphatic carbocycles. The minimum Gasteiger partial charge on any atom is -0.309 e. The minimum absolute atomic E-state index is 0.535. The first-order chi connectivity index (χ1) is 25.3. The Balaban J connectivity index is 1.29. The Morgan fingerprint density at radius 1 is 0.255 bits per heavy atom. The van der Waals surface area contributed by atoms with E-state index in [9.17, 15) is 0 Å². The summed E-state index contributed by atoms with van der Waals surface area (Å²) in [7, 11) is 0. The van der Waals surface area contributed by atoms with Gasteiger partial charge in [0, 0.05) is 32.9 Å². The Kier molecular flexibility index (Phi) is 6.75. The van der Waals surface area contributed by atoms with E-state index in [0.717, 1.165) is 11.4 Å². The number of fused-ring (bicyclic) bond motifs is 6. The molecule has 2 nitrogen and oxygen atoms in total. The van der Waals surface area contributed by atoms with Crippen molar-refractivity contribution in [1.82, 2.24) is 9.13 Å². The van der Waals surface area contributed by atoms with Crippen molar-refractivity contribution in [3.05, 3.63) is 229 Å². The van der Waals surface area contributed by atoms with Crippen molar-refractivity contribution >= 4 is 43.6 Å². The van der Waals surface area contributed by atoms with Crippen molar-refractivity contribution in [2.75, 3.05) is 0 Å². The van der Waals surface area contributed by atoms with Gasteiger partial charge in [0.1, 0.15) is 0 Å². The second-order valence-electron chi connectivity index (χ2n) is 13.3. The Morgan fingerprint density at radius 2 is 0.686 bits per heavy atom. The highest BCUT2D eigenvalue weighted by Gasteiger charge is 2.38. The Bertz CT molecular complexity index is 2730. The van der Waals surface area contributed by atoms with Crippen molar-refractivity contribution in [1.29, 1.82) is 0 Å². The highest BCUT2D eigenvalue weighted by molar-refractivity contribution is 6.12. The second kappa shape index (κ2) is 11.8. The molecule has 8 aromatic carbocycles. The summed E-state index contributed by atoms with van der Waals surface area (Å²) in [6, 6.07) is 75.3. The summed E-state index contributed by atoms with van der Waals surface area (Å²) in [5.74, 6) is 0. The van der Waals surface area contributed by atoms with Crippen LogP contribution < -0.4 is 0 Å². The van der Waals surface area contributed by atoms with E-state index in [2.05, 4.69) is 215 Å². The SMILES string of the molecule is c1ccc(-n2c3ccccc3c3cc(-n4c5ccccc5c5ccc(C(c6ccccc6)(c6ccccc6)c6ccccc6)cc54)ccc32)cc1. The lowest BCUT2D eigenvalue weighted by atomic mass is 9.65. The molecular formula is C49H34N2. The zero-order chi connectivity index (χ0) is 33.8. The van der Waals surface area contributed by atoms with Crippen LogP contribution in [0.5, 0.6) is 0 Å². The van der Waals surface area contributed by atoms with Crippen molar-refractivity contribution in [3.63, 3.8) is 0 Å². The largest absolute Gasteiger partial charge is 0.309 e. The number of benzene rings is 8. The molecule has 0 bridgehead atoms. The molecule has 0 atom stereocenters. The molecule has 0 unspecified atom stereocenters. The molecule has 0 fully saturated rings. The van der Waals surface area contributed by atoms with Crippen LogP contribution in [0.2, 0.25) is 0 Å². The Hall–Kier alpha value is -6.64. The lowest BCUT2D eigenvalue weighted by Gasteiger charge is -2.37. The van der Waals surface area contributed by atoms with Gasteiger partial charge in [-0.3, -0.25) is 0 Å². The summed E-state index contributed by atoms with van der Waals surface area (Å²) in [4.78, 5) is 0. The van der Waals surface area contributed by atoms with Crippen LogP contribution in [0, 0.1) is 0 Å². The molecule has 0 radical (unpaired) electrons. The first-order valence-electron chi connectivity index (χ1n) is 17.6.